The Morgan fingerprint density at radius 2 is 2.18 bits per heavy atom. The molecule has 1 fully saturated rings. The van der Waals surface area contributed by atoms with Crippen molar-refractivity contribution in [3.63, 3.8) is 0 Å². The highest BCUT2D eigenvalue weighted by molar-refractivity contribution is 6.32. The molecule has 8 nitrogen and oxygen atoms in total. The zero-order chi connectivity index (χ0) is 20.1. The molecule has 2 N–H and O–H groups in total. The molecule has 3 rings (SSSR count). The van der Waals surface area contributed by atoms with Gasteiger partial charge in [0, 0.05) is 44.1 Å². The highest BCUT2D eigenvalue weighted by atomic mass is 35.5. The van der Waals surface area contributed by atoms with Gasteiger partial charge in [-0.2, -0.15) is 0 Å². The molecule has 1 aromatic carbocycles. The largest absolute Gasteiger partial charge is 0.493 e. The average Bonchev–Trinajstić information content (AvgIpc) is 3.00. The Morgan fingerprint density at radius 1 is 1.36 bits per heavy atom. The van der Waals surface area contributed by atoms with Crippen molar-refractivity contribution in [2.45, 2.75) is 19.1 Å². The fraction of sp³-hybridized carbons (Fsp3) is 0.421. The van der Waals surface area contributed by atoms with Crippen molar-refractivity contribution >= 4 is 17.6 Å². The second-order valence-electron chi connectivity index (χ2n) is 6.71. The quantitative estimate of drug-likeness (QED) is 0.680. The van der Waals surface area contributed by atoms with Gasteiger partial charge in [0.15, 0.2) is 18.1 Å². The molecule has 0 unspecified atom stereocenters. The highest BCUT2D eigenvalue weighted by Crippen LogP contribution is 2.37. The van der Waals surface area contributed by atoms with E-state index in [0.29, 0.717) is 25.3 Å². The molecule has 28 heavy (non-hydrogen) atoms. The van der Waals surface area contributed by atoms with Crippen molar-refractivity contribution in [1.82, 2.24) is 14.9 Å². The number of carboxylic acid groups (broad SMARTS) is 1. The zero-order valence-electron chi connectivity index (χ0n) is 15.4. The number of rotatable bonds is 8. The van der Waals surface area contributed by atoms with Crippen LogP contribution in [-0.2, 0) is 17.8 Å². The first-order valence-electron chi connectivity index (χ1n) is 8.82. The van der Waals surface area contributed by atoms with Gasteiger partial charge in [-0.15, -0.1) is 0 Å². The number of nitrogens with zero attached hydrogens (tertiary/aromatic N) is 3. The number of likely N-dealkylation sites (tertiary alicyclic amines) is 1. The molecule has 0 amide bonds. The number of aromatic nitrogens is 2. The van der Waals surface area contributed by atoms with E-state index in [1.807, 2.05) is 0 Å². The topological polar surface area (TPSA) is 105 Å². The van der Waals surface area contributed by atoms with Gasteiger partial charge < -0.3 is 19.7 Å². The molecule has 1 aliphatic rings. The van der Waals surface area contributed by atoms with Gasteiger partial charge in [0.1, 0.15) is 0 Å². The second kappa shape index (κ2) is 9.18. The molecule has 2 aromatic rings. The van der Waals surface area contributed by atoms with Crippen LogP contribution in [0.25, 0.3) is 0 Å². The first-order chi connectivity index (χ1) is 13.5. The summed E-state index contributed by atoms with van der Waals surface area (Å²) in [7, 11) is 1.47. The number of hydrogen-bond acceptors (Lipinski definition) is 7. The number of benzene rings is 1. The number of methoxy groups -OCH3 is 1. The highest BCUT2D eigenvalue weighted by Gasteiger charge is 2.31. The van der Waals surface area contributed by atoms with Crippen LogP contribution in [0.15, 0.2) is 30.7 Å². The molecule has 0 saturated carbocycles. The SMILES string of the molecule is COc1cc(CN2C[C@@H](Cc3cnccn3)[C@H](O)C2)cc(Cl)c1OCC(=O)O. The molecular weight excluding hydrogens is 386 g/mol. The van der Waals surface area contributed by atoms with E-state index in [0.717, 1.165) is 17.8 Å². The lowest BCUT2D eigenvalue weighted by molar-refractivity contribution is -0.139. The van der Waals surface area contributed by atoms with Crippen LogP contribution in [0.5, 0.6) is 11.5 Å². The maximum absolute atomic E-state index is 10.7. The van der Waals surface area contributed by atoms with E-state index < -0.39 is 18.7 Å². The summed E-state index contributed by atoms with van der Waals surface area (Å²) in [6, 6.07) is 3.50. The number of aliphatic carboxylic acids is 1. The van der Waals surface area contributed by atoms with Crippen molar-refractivity contribution in [1.29, 1.82) is 0 Å². The number of carbonyl (C=O) groups is 1. The zero-order valence-corrected chi connectivity index (χ0v) is 16.2. The summed E-state index contributed by atoms with van der Waals surface area (Å²) in [5.41, 5.74) is 1.75. The van der Waals surface area contributed by atoms with Crippen molar-refractivity contribution in [2.24, 2.45) is 5.92 Å². The van der Waals surface area contributed by atoms with E-state index in [9.17, 15) is 9.90 Å². The number of hydrogen-bond donors (Lipinski definition) is 2. The van der Waals surface area contributed by atoms with Crippen LogP contribution in [0.4, 0.5) is 0 Å². The minimum absolute atomic E-state index is 0.0761. The maximum atomic E-state index is 10.7. The smallest absolute Gasteiger partial charge is 0.341 e. The van der Waals surface area contributed by atoms with Gasteiger partial charge in [0.2, 0.25) is 0 Å². The molecular formula is C19H22ClN3O5. The normalized spacial score (nSPS) is 19.5. The number of ether oxygens (including phenoxy) is 2. The van der Waals surface area contributed by atoms with Crippen LogP contribution in [0, 0.1) is 5.92 Å². The Labute approximate surface area is 167 Å². The minimum atomic E-state index is -1.10. The van der Waals surface area contributed by atoms with Gasteiger partial charge in [-0.05, 0) is 24.1 Å². The predicted molar refractivity (Wildman–Crippen MR) is 102 cm³/mol. The van der Waals surface area contributed by atoms with E-state index >= 15 is 0 Å². The van der Waals surface area contributed by atoms with Crippen LogP contribution >= 0.6 is 11.6 Å². The standard InChI is InChI=1S/C19H22ClN3O5/c1-27-17-5-12(4-15(20)19(17)28-11-18(25)26)8-23-9-13(16(24)10-23)6-14-7-21-2-3-22-14/h2-5,7,13,16,24H,6,8-11H2,1H3,(H,25,26)/t13-,16-/m1/s1. The third-order valence-corrected chi connectivity index (χ3v) is 4.89. The first kappa shape index (κ1) is 20.3. The number of aliphatic hydroxyl groups excluding tert-OH is 1. The number of β-amino-alcohol motifs (C(OH)–C–C–N with tert-alkyl or cyclic N) is 1. The van der Waals surface area contributed by atoms with Crippen LogP contribution < -0.4 is 9.47 Å². The van der Waals surface area contributed by atoms with Crippen molar-refractivity contribution in [2.75, 3.05) is 26.8 Å². The monoisotopic (exact) mass is 407 g/mol. The number of carboxylic acids is 1. The predicted octanol–water partition coefficient (Wildman–Crippen LogP) is 1.64. The minimum Gasteiger partial charge on any atom is -0.493 e. The second-order valence-corrected chi connectivity index (χ2v) is 7.12. The summed E-state index contributed by atoms with van der Waals surface area (Å²) in [6.45, 7) is 1.33. The summed E-state index contributed by atoms with van der Waals surface area (Å²) < 4.78 is 10.5. The van der Waals surface area contributed by atoms with Crippen molar-refractivity contribution in [3.8, 4) is 11.5 Å². The van der Waals surface area contributed by atoms with Gasteiger partial charge >= 0.3 is 5.97 Å². The molecule has 0 spiro atoms. The van der Waals surface area contributed by atoms with Crippen LogP contribution in [0.2, 0.25) is 5.02 Å². The lowest BCUT2D eigenvalue weighted by atomic mass is 10.0. The molecule has 0 aliphatic carbocycles. The molecule has 2 heterocycles. The number of halogens is 1. The Hall–Kier alpha value is -2.42. The van der Waals surface area contributed by atoms with Crippen molar-refractivity contribution < 1.29 is 24.5 Å². The summed E-state index contributed by atoms with van der Waals surface area (Å²) >= 11 is 6.27. The Bertz CT molecular complexity index is 821. The Balaban J connectivity index is 1.66. The molecule has 150 valence electrons. The molecule has 2 atom stereocenters. The third-order valence-electron chi connectivity index (χ3n) is 4.61. The van der Waals surface area contributed by atoms with Crippen LogP contribution in [0.1, 0.15) is 11.3 Å². The molecule has 1 aliphatic heterocycles. The van der Waals surface area contributed by atoms with E-state index in [1.54, 1.807) is 30.7 Å². The van der Waals surface area contributed by atoms with Crippen molar-refractivity contribution in [3.05, 3.63) is 47.0 Å². The Kier molecular flexibility index (Phi) is 6.66. The molecule has 1 saturated heterocycles. The maximum Gasteiger partial charge on any atom is 0.341 e. The molecule has 9 heteroatoms. The lowest BCUT2D eigenvalue weighted by Crippen LogP contribution is -2.21. The van der Waals surface area contributed by atoms with Gasteiger partial charge in [-0.3, -0.25) is 14.9 Å². The van der Waals surface area contributed by atoms with E-state index in [-0.39, 0.29) is 16.7 Å². The molecule has 1 aromatic heterocycles. The van der Waals surface area contributed by atoms with E-state index in [4.69, 9.17) is 26.2 Å². The summed E-state index contributed by atoms with van der Waals surface area (Å²) in [6.07, 6.45) is 5.21. The first-order valence-corrected chi connectivity index (χ1v) is 9.20. The van der Waals surface area contributed by atoms with Gasteiger partial charge in [0.05, 0.1) is 23.9 Å². The fourth-order valence-corrected chi connectivity index (χ4v) is 3.66. The van der Waals surface area contributed by atoms with Gasteiger partial charge in [-0.1, -0.05) is 11.6 Å². The van der Waals surface area contributed by atoms with E-state index in [2.05, 4.69) is 14.9 Å². The van der Waals surface area contributed by atoms with Crippen LogP contribution in [0.3, 0.4) is 0 Å². The lowest BCUT2D eigenvalue weighted by Gasteiger charge is -2.18. The van der Waals surface area contributed by atoms with Crippen LogP contribution in [-0.4, -0.2) is 64.0 Å². The fourth-order valence-electron chi connectivity index (χ4n) is 3.37. The summed E-state index contributed by atoms with van der Waals surface area (Å²) in [5, 5.41) is 19.5. The number of aliphatic hydroxyl groups is 1. The summed E-state index contributed by atoms with van der Waals surface area (Å²) in [5.74, 6) is -0.438. The van der Waals surface area contributed by atoms with Gasteiger partial charge in [-0.25, -0.2) is 4.79 Å². The summed E-state index contributed by atoms with van der Waals surface area (Å²) in [4.78, 5) is 21.2. The Morgan fingerprint density at radius 3 is 2.86 bits per heavy atom. The van der Waals surface area contributed by atoms with E-state index in [1.165, 1.54) is 7.11 Å². The van der Waals surface area contributed by atoms with Gasteiger partial charge in [0.25, 0.3) is 0 Å². The molecule has 0 bridgehead atoms. The molecule has 0 radical (unpaired) electrons. The average molecular weight is 408 g/mol. The third kappa shape index (κ3) is 5.09.